The van der Waals surface area contributed by atoms with Crippen LogP contribution >= 0.6 is 11.6 Å². The van der Waals surface area contributed by atoms with Crippen molar-refractivity contribution < 1.29 is 23.3 Å². The van der Waals surface area contributed by atoms with Crippen LogP contribution in [0, 0.1) is 23.7 Å². The van der Waals surface area contributed by atoms with Gasteiger partial charge in [0.1, 0.15) is 15.7 Å². The van der Waals surface area contributed by atoms with Gasteiger partial charge in [-0.2, -0.15) is 0 Å². The number of halogens is 1. The van der Waals surface area contributed by atoms with Gasteiger partial charge in [-0.05, 0) is 116 Å². The van der Waals surface area contributed by atoms with Crippen LogP contribution in [0.1, 0.15) is 73.4 Å². The number of allylic oxidation sites excluding steroid dienone is 1. The average Bonchev–Trinajstić information content (AvgIpc) is 3.88. The second kappa shape index (κ2) is 13.7. The van der Waals surface area contributed by atoms with E-state index in [0.29, 0.717) is 42.9 Å². The van der Waals surface area contributed by atoms with Gasteiger partial charge < -0.3 is 19.7 Å². The van der Waals surface area contributed by atoms with Crippen LogP contribution in [0.4, 0.5) is 10.5 Å². The lowest BCUT2D eigenvalue weighted by molar-refractivity contribution is 0.0131. The molecular weight excluding hydrogens is 648 g/mol. The molecule has 0 aromatic heterocycles. The number of methoxy groups -OCH3 is 1. The number of ether oxygens (including phenoxy) is 2. The van der Waals surface area contributed by atoms with E-state index in [2.05, 4.69) is 43.6 Å². The van der Waals surface area contributed by atoms with Gasteiger partial charge in [0, 0.05) is 42.7 Å². The first-order valence-corrected chi connectivity index (χ1v) is 19.5. The number of carbonyl (C=O) groups is 2. The van der Waals surface area contributed by atoms with Crippen molar-refractivity contribution in [1.29, 1.82) is 0 Å². The Labute approximate surface area is 289 Å². The smallest absolute Gasteiger partial charge is 0.327 e. The van der Waals surface area contributed by atoms with Gasteiger partial charge in [0.15, 0.2) is 0 Å². The zero-order valence-corrected chi connectivity index (χ0v) is 29.5. The van der Waals surface area contributed by atoms with Gasteiger partial charge in [-0.25, -0.2) is 9.00 Å². The van der Waals surface area contributed by atoms with Crippen LogP contribution < -0.4 is 19.7 Å². The van der Waals surface area contributed by atoms with Crippen LogP contribution in [-0.4, -0.2) is 61.4 Å². The molecule has 2 aliphatic heterocycles. The molecule has 2 saturated carbocycles. The normalized spacial score (nSPS) is 32.4. The number of benzene rings is 2. The van der Waals surface area contributed by atoms with Crippen molar-refractivity contribution in [3.05, 3.63) is 70.3 Å². The van der Waals surface area contributed by atoms with Crippen molar-refractivity contribution in [1.82, 2.24) is 10.0 Å². The van der Waals surface area contributed by atoms with Crippen molar-refractivity contribution in [2.45, 2.75) is 69.8 Å². The Morgan fingerprint density at radius 2 is 2.04 bits per heavy atom. The second-order valence-electron chi connectivity index (χ2n) is 14.7. The molecule has 1 spiro atoms. The van der Waals surface area contributed by atoms with E-state index in [1.54, 1.807) is 13.2 Å². The van der Waals surface area contributed by atoms with Gasteiger partial charge in [-0.1, -0.05) is 36.7 Å². The summed E-state index contributed by atoms with van der Waals surface area (Å²) in [5.74, 6) is 1.28. The first kappa shape index (κ1) is 33.4. The van der Waals surface area contributed by atoms with Crippen LogP contribution in [-0.2, 0) is 26.5 Å². The number of anilines is 1. The topological polar surface area (TPSA) is 109 Å². The lowest BCUT2D eigenvalue weighted by Crippen LogP contribution is -2.49. The summed E-state index contributed by atoms with van der Waals surface area (Å²) in [4.78, 5) is 29.1. The molecule has 5 aliphatic rings. The molecule has 2 aromatic carbocycles. The van der Waals surface area contributed by atoms with Gasteiger partial charge in [0.05, 0.1) is 24.2 Å². The van der Waals surface area contributed by atoms with Crippen LogP contribution in [0.5, 0.6) is 5.75 Å². The fourth-order valence-electron chi connectivity index (χ4n) is 8.11. The Bertz CT molecular complexity index is 1720. The molecule has 3 aliphatic carbocycles. The third-order valence-electron chi connectivity index (χ3n) is 11.0. The Balaban J connectivity index is 1.28. The molecule has 2 heterocycles. The molecule has 7 rings (SSSR count). The van der Waals surface area contributed by atoms with E-state index in [9.17, 15) is 13.8 Å². The molecule has 0 saturated heterocycles. The minimum absolute atomic E-state index is 0.0358. The average molecular weight is 695 g/mol. The van der Waals surface area contributed by atoms with E-state index in [-0.39, 0.29) is 23.2 Å². The minimum Gasteiger partial charge on any atom is -0.490 e. The second-order valence-corrected chi connectivity index (χ2v) is 17.2. The third kappa shape index (κ3) is 7.12. The van der Waals surface area contributed by atoms with Crippen LogP contribution in [0.25, 0.3) is 0 Å². The summed E-state index contributed by atoms with van der Waals surface area (Å²) < 4.78 is 33.8. The SMILES string of the molecule is CO[C@H]1/C=C/C[C@H](C)CS(=O)(NC(=O)NCC2CC2)=NC(=O)c2ccc3c(c2)N(C[C@@H]2CC[C@H]21)C[C@@]1(CCCc2cc(Cl)ccc21)CO3. The summed E-state index contributed by atoms with van der Waals surface area (Å²) >= 11 is 6.44. The molecule has 0 radical (unpaired) electrons. The number of rotatable bonds is 4. The highest BCUT2D eigenvalue weighted by Crippen LogP contribution is 2.47. The fourth-order valence-corrected chi connectivity index (χ4v) is 10.1. The number of hydrogen-bond acceptors (Lipinski definition) is 6. The van der Waals surface area contributed by atoms with Gasteiger partial charge in [-0.3, -0.25) is 9.52 Å². The van der Waals surface area contributed by atoms with Crippen molar-refractivity contribution in [3.8, 4) is 5.75 Å². The molecule has 2 N–H and O–H groups in total. The van der Waals surface area contributed by atoms with Gasteiger partial charge in [0.25, 0.3) is 5.91 Å². The number of hydrogen-bond donors (Lipinski definition) is 2. The van der Waals surface area contributed by atoms with E-state index < -0.39 is 21.9 Å². The number of urea groups is 1. The predicted octanol–water partition coefficient (Wildman–Crippen LogP) is 6.68. The fraction of sp³-hybridized carbons (Fsp3) is 0.568. The molecule has 2 aromatic rings. The molecule has 2 bridgehead atoms. The third-order valence-corrected chi connectivity index (χ3v) is 13.2. The molecule has 11 heteroatoms. The summed E-state index contributed by atoms with van der Waals surface area (Å²) in [5, 5.41) is 3.56. The van der Waals surface area contributed by atoms with E-state index in [1.165, 1.54) is 11.1 Å². The maximum absolute atomic E-state index is 14.3. The Morgan fingerprint density at radius 3 is 2.81 bits per heavy atom. The van der Waals surface area contributed by atoms with Crippen molar-refractivity contribution in [3.63, 3.8) is 0 Å². The summed E-state index contributed by atoms with van der Waals surface area (Å²) in [6.45, 7) is 4.54. The summed E-state index contributed by atoms with van der Waals surface area (Å²) in [6, 6.07) is 11.1. The van der Waals surface area contributed by atoms with Gasteiger partial charge in [-0.15, -0.1) is 4.36 Å². The highest BCUT2D eigenvalue weighted by molar-refractivity contribution is 7.92. The summed E-state index contributed by atoms with van der Waals surface area (Å²) in [7, 11) is -1.66. The predicted molar refractivity (Wildman–Crippen MR) is 189 cm³/mol. The molecule has 258 valence electrons. The van der Waals surface area contributed by atoms with Gasteiger partial charge >= 0.3 is 6.03 Å². The van der Waals surface area contributed by atoms with E-state index >= 15 is 0 Å². The van der Waals surface area contributed by atoms with Gasteiger partial charge in [0.2, 0.25) is 0 Å². The summed E-state index contributed by atoms with van der Waals surface area (Å²) in [5.41, 5.74) is 3.48. The molecule has 6 atom stereocenters. The van der Waals surface area contributed by atoms with E-state index in [4.69, 9.17) is 21.1 Å². The maximum Gasteiger partial charge on any atom is 0.327 e. The molecular formula is C37H47ClN4O5S. The molecule has 9 nitrogen and oxygen atoms in total. The number of aryl methyl sites for hydroxylation is 1. The monoisotopic (exact) mass is 694 g/mol. The van der Waals surface area contributed by atoms with E-state index in [0.717, 1.165) is 74.5 Å². The Hall–Kier alpha value is -3.08. The maximum atomic E-state index is 14.3. The van der Waals surface area contributed by atoms with Crippen LogP contribution in [0.2, 0.25) is 5.02 Å². The number of fused-ring (bicyclic) bond motifs is 4. The first-order chi connectivity index (χ1) is 23.1. The number of nitrogens with one attached hydrogen (secondary N) is 2. The standard InChI is InChI=1S/C37H47ClN4O5S/c1-24-5-3-7-33(46-2)30-13-10-28(30)20-42-22-37(16-4-6-26-17-29(38)12-14-31(26)37)23-47-34-15-11-27(18-32(34)42)35(43)40-48(45,21-24)41-36(44)39-19-25-8-9-25/h3,7,11-12,14-15,17-18,24-25,28,30,33H,4-6,8-10,13,16,19-23H2,1-2H3,(H2,39,40,41,43,44,45)/b7-3+/t24-,28-,30+,33-,37-,48?/m0/s1. The number of amides is 3. The lowest BCUT2D eigenvalue weighted by Gasteiger charge is -2.46. The molecule has 2 fully saturated rings. The highest BCUT2D eigenvalue weighted by Gasteiger charge is 2.44. The van der Waals surface area contributed by atoms with Crippen LogP contribution in [0.3, 0.4) is 0 Å². The largest absolute Gasteiger partial charge is 0.490 e. The van der Waals surface area contributed by atoms with Crippen molar-refractivity contribution >= 4 is 39.1 Å². The van der Waals surface area contributed by atoms with E-state index in [1.807, 2.05) is 25.1 Å². The zero-order valence-electron chi connectivity index (χ0n) is 27.9. The highest BCUT2D eigenvalue weighted by atomic mass is 35.5. The lowest BCUT2D eigenvalue weighted by atomic mass is 9.68. The number of nitrogens with zero attached hydrogens (tertiary/aromatic N) is 2. The summed E-state index contributed by atoms with van der Waals surface area (Å²) in [6.07, 6.45) is 12.2. The molecule has 1 unspecified atom stereocenters. The van der Waals surface area contributed by atoms with Crippen molar-refractivity contribution in [2.24, 2.45) is 28.0 Å². The van der Waals surface area contributed by atoms with Crippen LogP contribution in [0.15, 0.2) is 52.9 Å². The Kier molecular flexibility index (Phi) is 9.52. The van der Waals surface area contributed by atoms with Crippen molar-refractivity contribution in [2.75, 3.05) is 44.0 Å². The first-order valence-electron chi connectivity index (χ1n) is 17.5. The minimum atomic E-state index is -3.43. The number of carbonyl (C=O) groups excluding carboxylic acids is 2. The quantitative estimate of drug-likeness (QED) is 0.346. The Morgan fingerprint density at radius 1 is 1.19 bits per heavy atom. The molecule has 3 amide bonds. The molecule has 48 heavy (non-hydrogen) atoms. The zero-order chi connectivity index (χ0) is 33.5.